The third-order valence-corrected chi connectivity index (χ3v) is 6.00. The van der Waals surface area contributed by atoms with Crippen LogP contribution in [0.3, 0.4) is 0 Å². The first-order chi connectivity index (χ1) is 14.5. The number of alkyl halides is 4. The van der Waals surface area contributed by atoms with Crippen LogP contribution in [-0.4, -0.2) is 53.0 Å². The fourth-order valence-corrected chi connectivity index (χ4v) is 4.10. The van der Waals surface area contributed by atoms with E-state index in [1.807, 2.05) is 0 Å². The fourth-order valence-electron chi connectivity index (χ4n) is 4.10. The van der Waals surface area contributed by atoms with Crippen LogP contribution in [0.2, 0.25) is 0 Å². The van der Waals surface area contributed by atoms with E-state index < -0.39 is 72.6 Å². The summed E-state index contributed by atoms with van der Waals surface area (Å²) >= 11 is 0. The van der Waals surface area contributed by atoms with E-state index in [0.717, 1.165) is 4.90 Å². The van der Waals surface area contributed by atoms with Gasteiger partial charge < -0.3 is 9.47 Å². The predicted molar refractivity (Wildman–Crippen MR) is 107 cm³/mol. The topological polar surface area (TPSA) is 72.9 Å². The number of imide groups is 1. The van der Waals surface area contributed by atoms with Gasteiger partial charge in [0.15, 0.2) is 0 Å². The van der Waals surface area contributed by atoms with Crippen molar-refractivity contribution in [3.05, 3.63) is 0 Å². The minimum Gasteiger partial charge on any atom is -0.460 e. The summed E-state index contributed by atoms with van der Waals surface area (Å²) in [5.74, 6) is -5.09. The molecule has 0 spiro atoms. The fraction of sp³-hybridized carbons (Fsp3) is 0.864. The highest BCUT2D eigenvalue weighted by atomic mass is 19.4. The number of carbonyl (C=O) groups excluding carboxylic acids is 3. The van der Waals surface area contributed by atoms with Gasteiger partial charge in [-0.15, -0.1) is 0 Å². The molecule has 3 atom stereocenters. The Kier molecular flexibility index (Phi) is 7.87. The monoisotopic (exact) mass is 467 g/mol. The van der Waals surface area contributed by atoms with Gasteiger partial charge >= 0.3 is 18.2 Å². The number of ether oxygens (including phenoxy) is 2. The number of carbonyl (C=O) groups is 3. The summed E-state index contributed by atoms with van der Waals surface area (Å²) in [6.07, 6.45) is -7.15. The Hall–Kier alpha value is -1.87. The number of amides is 2. The molecule has 10 heteroatoms. The molecule has 2 aliphatic rings. The molecule has 6 nitrogen and oxygen atoms in total. The molecular formula is C22H33F4NO5. The van der Waals surface area contributed by atoms with Crippen molar-refractivity contribution in [1.82, 2.24) is 4.90 Å². The van der Waals surface area contributed by atoms with Crippen LogP contribution in [0.25, 0.3) is 0 Å². The molecule has 1 aliphatic heterocycles. The predicted octanol–water partition coefficient (Wildman–Crippen LogP) is 5.19. The van der Waals surface area contributed by atoms with E-state index in [4.69, 9.17) is 9.47 Å². The van der Waals surface area contributed by atoms with E-state index in [0.29, 0.717) is 6.42 Å². The molecular weight excluding hydrogens is 434 g/mol. The minimum absolute atomic E-state index is 0.0601. The summed E-state index contributed by atoms with van der Waals surface area (Å²) in [5.41, 5.74) is -2.78. The van der Waals surface area contributed by atoms with Crippen molar-refractivity contribution < 1.29 is 41.4 Å². The van der Waals surface area contributed by atoms with Gasteiger partial charge in [-0.3, -0.25) is 9.59 Å². The summed E-state index contributed by atoms with van der Waals surface area (Å²) in [7, 11) is 0. The van der Waals surface area contributed by atoms with Crippen molar-refractivity contribution in [2.75, 3.05) is 6.61 Å². The van der Waals surface area contributed by atoms with Gasteiger partial charge in [0.25, 0.3) is 0 Å². The first-order valence-electron chi connectivity index (χ1n) is 11.0. The Labute approximate surface area is 186 Å². The lowest BCUT2D eigenvalue weighted by molar-refractivity contribution is -0.171. The van der Waals surface area contributed by atoms with Crippen LogP contribution < -0.4 is 0 Å². The van der Waals surface area contributed by atoms with Crippen molar-refractivity contribution in [2.24, 2.45) is 17.8 Å². The van der Waals surface area contributed by atoms with Gasteiger partial charge in [-0.2, -0.15) is 13.2 Å². The Morgan fingerprint density at radius 1 is 1.19 bits per heavy atom. The average Bonchev–Trinajstić information content (AvgIpc) is 2.98. The number of rotatable bonds is 8. The molecule has 0 aromatic heterocycles. The summed E-state index contributed by atoms with van der Waals surface area (Å²) in [6, 6.07) is -0.642. The molecule has 3 unspecified atom stereocenters. The Morgan fingerprint density at radius 2 is 1.78 bits per heavy atom. The molecule has 2 amide bonds. The van der Waals surface area contributed by atoms with Crippen LogP contribution in [0.4, 0.5) is 22.4 Å². The maximum absolute atomic E-state index is 15.1. The van der Waals surface area contributed by atoms with Crippen LogP contribution in [0.5, 0.6) is 0 Å². The van der Waals surface area contributed by atoms with Crippen molar-refractivity contribution >= 4 is 18.0 Å². The highest BCUT2D eigenvalue weighted by Gasteiger charge is 2.51. The van der Waals surface area contributed by atoms with Crippen molar-refractivity contribution in [1.29, 1.82) is 0 Å². The second-order valence-electron chi connectivity index (χ2n) is 10.2. The molecule has 0 N–H and O–H groups in total. The zero-order valence-corrected chi connectivity index (χ0v) is 19.3. The van der Waals surface area contributed by atoms with Gasteiger partial charge in [-0.25, -0.2) is 14.1 Å². The Morgan fingerprint density at radius 3 is 2.22 bits per heavy atom. The lowest BCUT2D eigenvalue weighted by Gasteiger charge is -2.39. The van der Waals surface area contributed by atoms with E-state index in [9.17, 15) is 27.6 Å². The minimum atomic E-state index is -4.58. The molecule has 0 bridgehead atoms. The van der Waals surface area contributed by atoms with E-state index in [1.54, 1.807) is 34.6 Å². The number of nitrogens with zero attached hydrogens (tertiary/aromatic N) is 1. The molecule has 1 saturated heterocycles. The van der Waals surface area contributed by atoms with Crippen molar-refractivity contribution in [3.63, 3.8) is 0 Å². The average molecular weight is 468 g/mol. The normalized spacial score (nSPS) is 22.9. The zero-order chi connectivity index (χ0) is 24.5. The quantitative estimate of drug-likeness (QED) is 0.363. The lowest BCUT2D eigenvalue weighted by atomic mass is 9.71. The number of halogens is 4. The van der Waals surface area contributed by atoms with Crippen molar-refractivity contribution in [2.45, 2.75) is 96.6 Å². The summed E-state index contributed by atoms with van der Waals surface area (Å²) < 4.78 is 64.5. The van der Waals surface area contributed by atoms with Crippen LogP contribution >= 0.6 is 0 Å². The molecule has 0 aromatic carbocycles. The molecule has 2 fully saturated rings. The highest BCUT2D eigenvalue weighted by molar-refractivity contribution is 5.96. The van der Waals surface area contributed by atoms with Gasteiger partial charge in [-0.1, -0.05) is 13.8 Å². The van der Waals surface area contributed by atoms with Gasteiger partial charge in [0.05, 0.1) is 17.9 Å². The van der Waals surface area contributed by atoms with Crippen molar-refractivity contribution in [3.8, 4) is 0 Å². The third kappa shape index (κ3) is 6.81. The number of hydrogen-bond donors (Lipinski definition) is 0. The SMILES string of the molecule is CC(C)C1COC(=O)N1C(=O)C(CC1(F)CCC1)C(CCC(F)(F)F)C(=O)OC(C)(C)C. The molecule has 1 saturated carbocycles. The van der Waals surface area contributed by atoms with Crippen LogP contribution in [0.1, 0.15) is 73.1 Å². The zero-order valence-electron chi connectivity index (χ0n) is 19.3. The standard InChI is InChI=1S/C22H33F4NO5/c1-13(2)16-12-31-19(30)27(16)17(28)15(11-21(23)8-6-9-21)14(7-10-22(24,25)26)18(29)32-20(3,4)5/h13-16H,6-12H2,1-5H3. The van der Waals surface area contributed by atoms with E-state index >= 15 is 4.39 Å². The van der Waals surface area contributed by atoms with Gasteiger partial charge in [-0.05, 0) is 58.8 Å². The second-order valence-corrected chi connectivity index (χ2v) is 10.2. The largest absolute Gasteiger partial charge is 0.460 e. The Balaban J connectivity index is 2.43. The summed E-state index contributed by atoms with van der Waals surface area (Å²) in [6.45, 7) is 8.13. The van der Waals surface area contributed by atoms with Gasteiger partial charge in [0, 0.05) is 6.42 Å². The summed E-state index contributed by atoms with van der Waals surface area (Å²) in [5, 5.41) is 0. The molecule has 184 valence electrons. The summed E-state index contributed by atoms with van der Waals surface area (Å²) in [4.78, 5) is 39.6. The molecule has 1 aliphatic carbocycles. The first kappa shape index (κ1) is 26.4. The maximum Gasteiger partial charge on any atom is 0.416 e. The van der Waals surface area contributed by atoms with E-state index in [2.05, 4.69) is 0 Å². The molecule has 0 aromatic rings. The molecule has 0 radical (unpaired) electrons. The third-order valence-electron chi connectivity index (χ3n) is 6.00. The van der Waals surface area contributed by atoms with E-state index in [-0.39, 0.29) is 25.4 Å². The lowest BCUT2D eigenvalue weighted by Crippen LogP contribution is -2.50. The molecule has 1 heterocycles. The maximum atomic E-state index is 15.1. The highest BCUT2D eigenvalue weighted by Crippen LogP contribution is 2.45. The van der Waals surface area contributed by atoms with Gasteiger partial charge in [0.2, 0.25) is 5.91 Å². The number of esters is 1. The first-order valence-corrected chi connectivity index (χ1v) is 11.0. The van der Waals surface area contributed by atoms with Gasteiger partial charge in [0.1, 0.15) is 17.9 Å². The van der Waals surface area contributed by atoms with Crippen LogP contribution in [0.15, 0.2) is 0 Å². The van der Waals surface area contributed by atoms with Crippen LogP contribution in [-0.2, 0) is 19.1 Å². The van der Waals surface area contributed by atoms with E-state index in [1.165, 1.54) is 0 Å². The smallest absolute Gasteiger partial charge is 0.416 e. The number of hydrogen-bond acceptors (Lipinski definition) is 5. The van der Waals surface area contributed by atoms with Crippen LogP contribution in [0, 0.1) is 17.8 Å². The molecule has 32 heavy (non-hydrogen) atoms. The second kappa shape index (κ2) is 9.55. The molecule has 2 rings (SSSR count). The Bertz CT molecular complexity index is 712. The number of cyclic esters (lactones) is 1.